The molecular weight excluding hydrogens is 467 g/mol. The summed E-state index contributed by atoms with van der Waals surface area (Å²) >= 11 is 0. The number of nitrogens with zero attached hydrogens (tertiary/aromatic N) is 2. The summed E-state index contributed by atoms with van der Waals surface area (Å²) < 4.78 is 30.9. The summed E-state index contributed by atoms with van der Waals surface area (Å²) in [5, 5.41) is 0. The molecule has 0 saturated carbocycles. The van der Waals surface area contributed by atoms with Crippen LogP contribution in [0.2, 0.25) is 0 Å². The predicted molar refractivity (Wildman–Crippen MR) is 135 cm³/mol. The molecule has 1 unspecified atom stereocenters. The summed E-state index contributed by atoms with van der Waals surface area (Å²) in [5.41, 5.74) is 5.26. The van der Waals surface area contributed by atoms with Gasteiger partial charge in [0.05, 0.1) is 13.0 Å². The maximum Gasteiger partial charge on any atom is 0.409 e. The average molecular weight is 497 g/mol. The van der Waals surface area contributed by atoms with E-state index in [9.17, 15) is 18.2 Å². The van der Waals surface area contributed by atoms with Crippen molar-refractivity contribution in [3.8, 4) is 0 Å². The molecule has 8 heteroatoms. The normalized spacial score (nSPS) is 17.5. The van der Waals surface area contributed by atoms with Gasteiger partial charge in [-0.2, -0.15) is 0 Å². The minimum absolute atomic E-state index is 0.0471. The largest absolute Gasteiger partial charge is 0.450 e. The Morgan fingerprint density at radius 1 is 1.03 bits per heavy atom. The van der Waals surface area contributed by atoms with E-state index in [1.54, 1.807) is 29.0 Å². The Bertz CT molecular complexity index is 1230. The van der Waals surface area contributed by atoms with Crippen molar-refractivity contribution < 1.29 is 22.9 Å². The molecule has 0 N–H and O–H groups in total. The fourth-order valence-electron chi connectivity index (χ4n) is 4.52. The zero-order valence-electron chi connectivity index (χ0n) is 20.2. The average Bonchev–Trinajstić information content (AvgIpc) is 3.09. The summed E-state index contributed by atoms with van der Waals surface area (Å²) in [4.78, 5) is 29.2. The van der Waals surface area contributed by atoms with Crippen LogP contribution < -0.4 is 0 Å². The number of amides is 2. The number of carbonyl (C=O) groups is 2. The highest BCUT2D eigenvalue weighted by molar-refractivity contribution is 7.84. The van der Waals surface area contributed by atoms with Gasteiger partial charge in [0.15, 0.2) is 0 Å². The standard InChI is InChI=1S/C27H29FN2O4S/c1-4-34-27(32)30-13-11-29(12-14-30)26(31)17-24-18(2)23(22-10-7-20(28)16-25(22)24)15-19-5-8-21(9-6-19)35(3)33/h5-10,15-16H,4,11-14,17H2,1-3H3. The van der Waals surface area contributed by atoms with Gasteiger partial charge in [-0.25, -0.2) is 9.18 Å². The number of halogens is 1. The van der Waals surface area contributed by atoms with Crippen LogP contribution in [0.1, 0.15) is 37.0 Å². The minimum Gasteiger partial charge on any atom is -0.450 e. The van der Waals surface area contributed by atoms with Gasteiger partial charge in [-0.1, -0.05) is 18.2 Å². The first-order valence-electron chi connectivity index (χ1n) is 11.6. The topological polar surface area (TPSA) is 66.9 Å². The number of carbonyl (C=O) groups excluding carboxylic acids is 2. The highest BCUT2D eigenvalue weighted by Crippen LogP contribution is 2.44. The molecule has 2 aromatic rings. The van der Waals surface area contributed by atoms with Gasteiger partial charge in [0.25, 0.3) is 0 Å². The molecule has 0 spiro atoms. The zero-order valence-corrected chi connectivity index (χ0v) is 21.0. The van der Waals surface area contributed by atoms with E-state index in [0.717, 1.165) is 38.3 Å². The predicted octanol–water partition coefficient (Wildman–Crippen LogP) is 4.58. The lowest BCUT2D eigenvalue weighted by molar-refractivity contribution is -0.131. The second kappa shape index (κ2) is 10.6. The van der Waals surface area contributed by atoms with Crippen molar-refractivity contribution in [1.29, 1.82) is 0 Å². The van der Waals surface area contributed by atoms with Crippen LogP contribution in [0.15, 0.2) is 52.9 Å². The van der Waals surface area contributed by atoms with Crippen LogP contribution in [0.4, 0.5) is 9.18 Å². The Morgan fingerprint density at radius 3 is 2.31 bits per heavy atom. The fraction of sp³-hybridized carbons (Fsp3) is 0.333. The molecule has 1 atom stereocenters. The van der Waals surface area contributed by atoms with Crippen LogP contribution >= 0.6 is 0 Å². The van der Waals surface area contributed by atoms with Gasteiger partial charge in [-0.05, 0) is 77.6 Å². The molecule has 1 saturated heterocycles. The number of benzene rings is 2. The van der Waals surface area contributed by atoms with E-state index in [2.05, 4.69) is 0 Å². The summed E-state index contributed by atoms with van der Waals surface area (Å²) in [5.74, 6) is -0.394. The van der Waals surface area contributed by atoms with E-state index in [1.165, 1.54) is 12.1 Å². The van der Waals surface area contributed by atoms with Crippen LogP contribution in [0.3, 0.4) is 0 Å². The lowest BCUT2D eigenvalue weighted by Gasteiger charge is -2.34. The molecule has 2 aromatic carbocycles. The lowest BCUT2D eigenvalue weighted by Crippen LogP contribution is -2.50. The molecule has 1 heterocycles. The van der Waals surface area contributed by atoms with E-state index in [1.807, 2.05) is 37.3 Å². The fourth-order valence-corrected chi connectivity index (χ4v) is 5.04. The third-order valence-corrected chi connectivity index (χ3v) is 7.40. The van der Waals surface area contributed by atoms with E-state index in [-0.39, 0.29) is 24.2 Å². The van der Waals surface area contributed by atoms with Crippen molar-refractivity contribution in [3.63, 3.8) is 0 Å². The molecule has 1 aliphatic heterocycles. The molecule has 1 fully saturated rings. The van der Waals surface area contributed by atoms with Gasteiger partial charge >= 0.3 is 6.09 Å². The molecule has 6 nitrogen and oxygen atoms in total. The van der Waals surface area contributed by atoms with E-state index in [0.29, 0.717) is 32.8 Å². The molecular formula is C27H29FN2O4S. The first kappa shape index (κ1) is 24.9. The first-order valence-corrected chi connectivity index (χ1v) is 13.2. The number of ether oxygens (including phenoxy) is 1. The van der Waals surface area contributed by atoms with Crippen molar-refractivity contribution >= 4 is 40.0 Å². The number of allylic oxidation sites excluding steroid dienone is 2. The molecule has 0 aromatic heterocycles. The Morgan fingerprint density at radius 2 is 1.69 bits per heavy atom. The Kier molecular flexibility index (Phi) is 7.50. The Labute approximate surface area is 207 Å². The SMILES string of the molecule is CCOC(=O)N1CCN(C(=O)CC2=C(C)C(=Cc3ccc(S(C)=O)cc3)c3ccc(F)cc32)CC1. The van der Waals surface area contributed by atoms with Crippen LogP contribution in [0, 0.1) is 5.82 Å². The zero-order chi connectivity index (χ0) is 25.1. The van der Waals surface area contributed by atoms with E-state index in [4.69, 9.17) is 4.74 Å². The molecule has 1 aliphatic carbocycles. The minimum atomic E-state index is -1.05. The molecule has 4 rings (SSSR count). The van der Waals surface area contributed by atoms with Crippen LogP contribution in [-0.4, -0.2) is 65.1 Å². The summed E-state index contributed by atoms with van der Waals surface area (Å²) in [6.45, 7) is 5.78. The Hall–Kier alpha value is -3.26. The van der Waals surface area contributed by atoms with Crippen molar-refractivity contribution in [2.45, 2.75) is 25.2 Å². The van der Waals surface area contributed by atoms with Gasteiger partial charge in [-0.15, -0.1) is 0 Å². The smallest absolute Gasteiger partial charge is 0.409 e. The molecule has 2 amide bonds. The van der Waals surface area contributed by atoms with Crippen molar-refractivity contribution in [3.05, 3.63) is 70.5 Å². The summed E-state index contributed by atoms with van der Waals surface area (Å²) in [7, 11) is -1.05. The Balaban J connectivity index is 1.56. The third-order valence-electron chi connectivity index (χ3n) is 6.46. The second-order valence-corrected chi connectivity index (χ2v) is 10.00. The molecule has 184 valence electrons. The summed E-state index contributed by atoms with van der Waals surface area (Å²) in [6, 6.07) is 12.2. The maximum atomic E-state index is 14.2. The van der Waals surface area contributed by atoms with Gasteiger partial charge in [0.2, 0.25) is 5.91 Å². The third kappa shape index (κ3) is 5.37. The molecule has 2 aliphatic rings. The first-order chi connectivity index (χ1) is 16.8. The highest BCUT2D eigenvalue weighted by Gasteiger charge is 2.29. The second-order valence-electron chi connectivity index (χ2n) is 8.62. The van der Waals surface area contributed by atoms with E-state index < -0.39 is 10.8 Å². The monoisotopic (exact) mass is 496 g/mol. The molecule has 0 bridgehead atoms. The van der Waals surface area contributed by atoms with Crippen LogP contribution in [0.5, 0.6) is 0 Å². The lowest BCUT2D eigenvalue weighted by atomic mass is 10.0. The van der Waals surface area contributed by atoms with Crippen molar-refractivity contribution in [2.24, 2.45) is 0 Å². The number of hydrogen-bond donors (Lipinski definition) is 0. The van der Waals surface area contributed by atoms with Gasteiger partial charge < -0.3 is 14.5 Å². The van der Waals surface area contributed by atoms with Gasteiger partial charge in [0, 0.05) is 48.1 Å². The van der Waals surface area contributed by atoms with E-state index >= 15 is 0 Å². The molecule has 0 radical (unpaired) electrons. The number of rotatable bonds is 5. The van der Waals surface area contributed by atoms with Gasteiger partial charge in [0.1, 0.15) is 5.82 Å². The molecule has 35 heavy (non-hydrogen) atoms. The number of hydrogen-bond acceptors (Lipinski definition) is 4. The van der Waals surface area contributed by atoms with Crippen LogP contribution in [-0.2, 0) is 20.3 Å². The van der Waals surface area contributed by atoms with Crippen LogP contribution in [0.25, 0.3) is 17.2 Å². The summed E-state index contributed by atoms with van der Waals surface area (Å²) in [6.07, 6.45) is 3.46. The van der Waals surface area contributed by atoms with Gasteiger partial charge in [-0.3, -0.25) is 9.00 Å². The van der Waals surface area contributed by atoms with Crippen molar-refractivity contribution in [1.82, 2.24) is 9.80 Å². The maximum absolute atomic E-state index is 14.2. The number of fused-ring (bicyclic) bond motifs is 1. The highest BCUT2D eigenvalue weighted by atomic mass is 32.2. The van der Waals surface area contributed by atoms with Crippen molar-refractivity contribution in [2.75, 3.05) is 39.0 Å². The number of piperazine rings is 1. The quantitative estimate of drug-likeness (QED) is 0.608.